The Balaban J connectivity index is 2.02. The highest BCUT2D eigenvalue weighted by Gasteiger charge is 2.12. The number of furan rings is 1. The summed E-state index contributed by atoms with van der Waals surface area (Å²) in [4.78, 5) is 4.23. The predicted molar refractivity (Wildman–Crippen MR) is 60.1 cm³/mol. The average Bonchev–Trinajstić information content (AvgIpc) is 2.97. The van der Waals surface area contributed by atoms with Gasteiger partial charge >= 0.3 is 0 Å². The fourth-order valence-corrected chi connectivity index (χ4v) is 1.43. The molecule has 0 atom stereocenters. The number of ether oxygens (including phenoxy) is 1. The Hall–Kier alpha value is -1.66. The summed E-state index contributed by atoms with van der Waals surface area (Å²) in [7, 11) is 1.67. The fraction of sp³-hybridized carbons (Fsp3) is 0.455. The second-order valence-corrected chi connectivity index (χ2v) is 3.58. The van der Waals surface area contributed by atoms with Gasteiger partial charge in [-0.25, -0.2) is 0 Å². The summed E-state index contributed by atoms with van der Waals surface area (Å²) in [6, 6.07) is 3.57. The van der Waals surface area contributed by atoms with Gasteiger partial charge in [-0.2, -0.15) is 4.98 Å². The van der Waals surface area contributed by atoms with Gasteiger partial charge in [-0.15, -0.1) is 0 Å². The second kappa shape index (κ2) is 5.60. The Labute approximate surface area is 98.7 Å². The van der Waals surface area contributed by atoms with E-state index in [4.69, 9.17) is 19.4 Å². The van der Waals surface area contributed by atoms with Gasteiger partial charge in [0.15, 0.2) is 11.6 Å². The lowest BCUT2D eigenvalue weighted by molar-refractivity contribution is 0.194. The molecule has 0 aliphatic heterocycles. The Morgan fingerprint density at radius 1 is 1.41 bits per heavy atom. The van der Waals surface area contributed by atoms with E-state index in [1.165, 1.54) is 0 Å². The number of aromatic nitrogens is 2. The van der Waals surface area contributed by atoms with E-state index in [0.29, 0.717) is 36.4 Å². The quantitative estimate of drug-likeness (QED) is 0.763. The van der Waals surface area contributed by atoms with Gasteiger partial charge in [-0.1, -0.05) is 5.16 Å². The second-order valence-electron chi connectivity index (χ2n) is 3.58. The van der Waals surface area contributed by atoms with Gasteiger partial charge < -0.3 is 19.4 Å². The normalized spacial score (nSPS) is 10.9. The van der Waals surface area contributed by atoms with Crippen LogP contribution in [0.1, 0.15) is 18.0 Å². The van der Waals surface area contributed by atoms with E-state index >= 15 is 0 Å². The Morgan fingerprint density at radius 3 is 3.00 bits per heavy atom. The van der Waals surface area contributed by atoms with Crippen LogP contribution in [0.3, 0.4) is 0 Å². The van der Waals surface area contributed by atoms with E-state index < -0.39 is 0 Å². The molecular formula is C11H15N3O3. The topological polar surface area (TPSA) is 87.3 Å². The fourth-order valence-electron chi connectivity index (χ4n) is 1.43. The van der Waals surface area contributed by atoms with Crippen molar-refractivity contribution in [2.75, 3.05) is 13.7 Å². The average molecular weight is 237 g/mol. The van der Waals surface area contributed by atoms with Crippen LogP contribution in [-0.2, 0) is 17.7 Å². The molecule has 2 aromatic rings. The van der Waals surface area contributed by atoms with Gasteiger partial charge in [-0.3, -0.25) is 0 Å². The lowest BCUT2D eigenvalue weighted by Crippen LogP contribution is -1.94. The number of hydrogen-bond acceptors (Lipinski definition) is 6. The molecule has 2 aromatic heterocycles. The monoisotopic (exact) mass is 237 g/mol. The van der Waals surface area contributed by atoms with E-state index in [0.717, 1.165) is 12.8 Å². The molecule has 2 rings (SSSR count). The van der Waals surface area contributed by atoms with Crippen LogP contribution in [0.5, 0.6) is 0 Å². The van der Waals surface area contributed by atoms with E-state index in [9.17, 15) is 0 Å². The third kappa shape index (κ3) is 2.92. The van der Waals surface area contributed by atoms with Gasteiger partial charge in [0.1, 0.15) is 5.76 Å². The van der Waals surface area contributed by atoms with Crippen LogP contribution in [0.2, 0.25) is 0 Å². The predicted octanol–water partition coefficient (Wildman–Crippen LogP) is 1.37. The van der Waals surface area contributed by atoms with Crippen LogP contribution in [0, 0.1) is 0 Å². The zero-order chi connectivity index (χ0) is 12.1. The number of aryl methyl sites for hydroxylation is 1. The van der Waals surface area contributed by atoms with Gasteiger partial charge in [0, 0.05) is 20.1 Å². The van der Waals surface area contributed by atoms with Gasteiger partial charge in [0.25, 0.3) is 5.89 Å². The summed E-state index contributed by atoms with van der Waals surface area (Å²) < 4.78 is 15.5. The maximum Gasteiger partial charge on any atom is 0.293 e. The minimum absolute atomic E-state index is 0.356. The molecule has 0 unspecified atom stereocenters. The largest absolute Gasteiger partial charge is 0.455 e. The summed E-state index contributed by atoms with van der Waals surface area (Å²) in [6.07, 6.45) is 1.59. The molecule has 0 saturated carbocycles. The highest BCUT2D eigenvalue weighted by atomic mass is 16.5. The van der Waals surface area contributed by atoms with Crippen molar-refractivity contribution < 1.29 is 13.7 Å². The van der Waals surface area contributed by atoms with Crippen molar-refractivity contribution in [2.45, 2.75) is 19.4 Å². The van der Waals surface area contributed by atoms with Crippen LogP contribution >= 0.6 is 0 Å². The molecule has 92 valence electrons. The van der Waals surface area contributed by atoms with Crippen molar-refractivity contribution in [2.24, 2.45) is 5.73 Å². The van der Waals surface area contributed by atoms with Crippen LogP contribution in [0.15, 0.2) is 21.1 Å². The summed E-state index contributed by atoms with van der Waals surface area (Å²) in [5, 5.41) is 3.87. The Morgan fingerprint density at radius 2 is 2.29 bits per heavy atom. The van der Waals surface area contributed by atoms with Crippen molar-refractivity contribution in [1.82, 2.24) is 10.1 Å². The molecule has 0 amide bonds. The minimum atomic E-state index is 0.356. The van der Waals surface area contributed by atoms with Crippen LogP contribution in [-0.4, -0.2) is 23.9 Å². The number of nitrogens with zero attached hydrogens (tertiary/aromatic N) is 2. The first-order valence-electron chi connectivity index (χ1n) is 5.44. The standard InChI is InChI=1S/C11H15N3O3/c1-15-6-2-3-10-13-11(17-14-10)9-5-4-8(7-12)16-9/h4-5H,2-3,6-7,12H2,1H3. The van der Waals surface area contributed by atoms with Gasteiger partial charge in [0.2, 0.25) is 0 Å². The van der Waals surface area contributed by atoms with Crippen LogP contribution in [0.4, 0.5) is 0 Å². The summed E-state index contributed by atoms with van der Waals surface area (Å²) in [5.41, 5.74) is 5.45. The molecule has 6 nitrogen and oxygen atoms in total. The zero-order valence-electron chi connectivity index (χ0n) is 9.68. The van der Waals surface area contributed by atoms with Crippen molar-refractivity contribution >= 4 is 0 Å². The summed E-state index contributed by atoms with van der Waals surface area (Å²) in [5.74, 6) is 2.29. The maximum atomic E-state index is 5.45. The van der Waals surface area contributed by atoms with E-state index in [2.05, 4.69) is 10.1 Å². The molecule has 0 radical (unpaired) electrons. The molecule has 2 heterocycles. The van der Waals surface area contributed by atoms with E-state index in [1.807, 2.05) is 0 Å². The van der Waals surface area contributed by atoms with Crippen molar-refractivity contribution in [3.63, 3.8) is 0 Å². The number of hydrogen-bond donors (Lipinski definition) is 1. The highest BCUT2D eigenvalue weighted by molar-refractivity contribution is 5.44. The maximum absolute atomic E-state index is 5.45. The van der Waals surface area contributed by atoms with E-state index in [1.54, 1.807) is 19.2 Å². The van der Waals surface area contributed by atoms with Gasteiger partial charge in [0.05, 0.1) is 6.54 Å². The molecule has 0 spiro atoms. The van der Waals surface area contributed by atoms with Crippen molar-refractivity contribution in [3.8, 4) is 11.7 Å². The smallest absolute Gasteiger partial charge is 0.293 e. The van der Waals surface area contributed by atoms with Crippen molar-refractivity contribution in [1.29, 1.82) is 0 Å². The molecule has 0 aliphatic rings. The van der Waals surface area contributed by atoms with Crippen molar-refractivity contribution in [3.05, 3.63) is 23.7 Å². The molecule has 0 fully saturated rings. The Kier molecular flexibility index (Phi) is 3.89. The lowest BCUT2D eigenvalue weighted by Gasteiger charge is -1.93. The number of rotatable bonds is 6. The first-order valence-corrected chi connectivity index (χ1v) is 5.44. The highest BCUT2D eigenvalue weighted by Crippen LogP contribution is 2.20. The number of nitrogens with two attached hydrogens (primary N) is 1. The van der Waals surface area contributed by atoms with Crippen LogP contribution in [0.25, 0.3) is 11.7 Å². The molecule has 2 N–H and O–H groups in total. The first-order chi connectivity index (χ1) is 8.33. The Bertz CT molecular complexity index is 464. The molecule has 0 aliphatic carbocycles. The summed E-state index contributed by atoms with van der Waals surface area (Å²) >= 11 is 0. The first kappa shape index (κ1) is 11.8. The third-order valence-corrected chi connectivity index (χ3v) is 2.29. The van der Waals surface area contributed by atoms with Gasteiger partial charge in [-0.05, 0) is 18.6 Å². The number of methoxy groups -OCH3 is 1. The third-order valence-electron chi connectivity index (χ3n) is 2.29. The minimum Gasteiger partial charge on any atom is -0.455 e. The lowest BCUT2D eigenvalue weighted by atomic mass is 10.3. The summed E-state index contributed by atoms with van der Waals surface area (Å²) in [6.45, 7) is 1.04. The SMILES string of the molecule is COCCCc1noc(-c2ccc(CN)o2)n1. The molecule has 17 heavy (non-hydrogen) atoms. The molecular weight excluding hydrogens is 222 g/mol. The van der Waals surface area contributed by atoms with E-state index in [-0.39, 0.29) is 0 Å². The zero-order valence-corrected chi connectivity index (χ0v) is 9.68. The van der Waals surface area contributed by atoms with Crippen LogP contribution < -0.4 is 5.73 Å². The molecule has 0 bridgehead atoms. The molecule has 6 heteroatoms. The molecule has 0 aromatic carbocycles. The molecule has 0 saturated heterocycles.